The van der Waals surface area contributed by atoms with E-state index in [1.807, 2.05) is 18.0 Å². The van der Waals surface area contributed by atoms with Gasteiger partial charge in [0.1, 0.15) is 23.1 Å². The molecule has 0 aliphatic carbocycles. The Morgan fingerprint density at radius 2 is 2.13 bits per heavy atom. The standard InChI is InChI=1S/C17H23N3O3/c1-5-6-9-20(2)12-13(11-18)17(21)19-15-10-14(22-3)7-8-16(15)23-4/h7-8,10,12H,5-6,9H2,1-4H3,(H,19,21)/b13-12-. The average molecular weight is 317 g/mol. The second-order valence-corrected chi connectivity index (χ2v) is 5.01. The summed E-state index contributed by atoms with van der Waals surface area (Å²) in [7, 11) is 4.89. The van der Waals surface area contributed by atoms with Crippen LogP contribution in [0.15, 0.2) is 30.0 Å². The normalized spacial score (nSPS) is 10.7. The first-order valence-electron chi connectivity index (χ1n) is 7.41. The lowest BCUT2D eigenvalue weighted by atomic mass is 10.2. The molecule has 6 nitrogen and oxygen atoms in total. The smallest absolute Gasteiger partial charge is 0.267 e. The molecule has 0 heterocycles. The lowest BCUT2D eigenvalue weighted by Crippen LogP contribution is -2.19. The average Bonchev–Trinajstić information content (AvgIpc) is 2.57. The van der Waals surface area contributed by atoms with E-state index in [-0.39, 0.29) is 5.57 Å². The zero-order valence-electron chi connectivity index (χ0n) is 14.0. The first-order valence-corrected chi connectivity index (χ1v) is 7.41. The number of benzene rings is 1. The minimum atomic E-state index is -0.484. The summed E-state index contributed by atoms with van der Waals surface area (Å²) >= 11 is 0. The van der Waals surface area contributed by atoms with Crippen molar-refractivity contribution in [1.29, 1.82) is 5.26 Å². The third-order valence-electron chi connectivity index (χ3n) is 3.23. The summed E-state index contributed by atoms with van der Waals surface area (Å²) in [5, 5.41) is 11.9. The molecule has 1 N–H and O–H groups in total. The first-order chi connectivity index (χ1) is 11.0. The summed E-state index contributed by atoms with van der Waals surface area (Å²) in [5.74, 6) is 0.599. The Kier molecular flexibility index (Phi) is 7.48. The van der Waals surface area contributed by atoms with Gasteiger partial charge < -0.3 is 19.7 Å². The van der Waals surface area contributed by atoms with E-state index in [1.165, 1.54) is 14.2 Å². The van der Waals surface area contributed by atoms with Crippen LogP contribution in [-0.2, 0) is 4.79 Å². The van der Waals surface area contributed by atoms with Crippen molar-refractivity contribution < 1.29 is 14.3 Å². The number of rotatable bonds is 8. The predicted molar refractivity (Wildman–Crippen MR) is 89.4 cm³/mol. The molecular weight excluding hydrogens is 294 g/mol. The highest BCUT2D eigenvalue weighted by molar-refractivity contribution is 6.07. The van der Waals surface area contributed by atoms with Crippen LogP contribution >= 0.6 is 0 Å². The van der Waals surface area contributed by atoms with Crippen molar-refractivity contribution in [2.24, 2.45) is 0 Å². The molecule has 0 fully saturated rings. The number of nitrogens with one attached hydrogen (secondary N) is 1. The van der Waals surface area contributed by atoms with Gasteiger partial charge in [-0.1, -0.05) is 13.3 Å². The Morgan fingerprint density at radius 1 is 1.39 bits per heavy atom. The van der Waals surface area contributed by atoms with E-state index in [4.69, 9.17) is 9.47 Å². The number of methoxy groups -OCH3 is 2. The van der Waals surface area contributed by atoms with Crippen LogP contribution in [0, 0.1) is 11.3 Å². The van der Waals surface area contributed by atoms with E-state index in [0.29, 0.717) is 17.2 Å². The SMILES string of the molecule is CCCCN(C)/C=C(/C#N)C(=O)Nc1cc(OC)ccc1OC. The maximum Gasteiger partial charge on any atom is 0.267 e. The fourth-order valence-electron chi connectivity index (χ4n) is 1.93. The lowest BCUT2D eigenvalue weighted by Gasteiger charge is -2.15. The van der Waals surface area contributed by atoms with Crippen LogP contribution in [0.3, 0.4) is 0 Å². The van der Waals surface area contributed by atoms with E-state index >= 15 is 0 Å². The van der Waals surface area contributed by atoms with Gasteiger partial charge in [-0.3, -0.25) is 4.79 Å². The van der Waals surface area contributed by atoms with E-state index in [2.05, 4.69) is 12.2 Å². The fraction of sp³-hybridized carbons (Fsp3) is 0.412. The molecule has 0 saturated heterocycles. The molecule has 0 unspecified atom stereocenters. The van der Waals surface area contributed by atoms with Crippen LogP contribution < -0.4 is 14.8 Å². The molecule has 124 valence electrons. The summed E-state index contributed by atoms with van der Waals surface area (Å²) in [6, 6.07) is 7.00. The van der Waals surface area contributed by atoms with Gasteiger partial charge in [0.2, 0.25) is 0 Å². The monoisotopic (exact) mass is 317 g/mol. The molecule has 1 aromatic rings. The summed E-state index contributed by atoms with van der Waals surface area (Å²) in [4.78, 5) is 14.1. The van der Waals surface area contributed by atoms with Crippen LogP contribution in [0.25, 0.3) is 0 Å². The Balaban J connectivity index is 2.92. The van der Waals surface area contributed by atoms with Crippen LogP contribution in [0.5, 0.6) is 11.5 Å². The molecule has 0 aliphatic rings. The van der Waals surface area contributed by atoms with E-state index in [1.54, 1.807) is 24.4 Å². The number of hydrogen-bond donors (Lipinski definition) is 1. The molecule has 23 heavy (non-hydrogen) atoms. The van der Waals surface area contributed by atoms with Gasteiger partial charge in [0.05, 0.1) is 19.9 Å². The number of carbonyl (C=O) groups excluding carboxylic acids is 1. The molecule has 0 aromatic heterocycles. The summed E-state index contributed by atoms with van der Waals surface area (Å²) < 4.78 is 10.3. The van der Waals surface area contributed by atoms with Crippen LogP contribution in [0.1, 0.15) is 19.8 Å². The van der Waals surface area contributed by atoms with Crippen molar-refractivity contribution in [3.8, 4) is 17.6 Å². The molecule has 1 aromatic carbocycles. The molecule has 1 rings (SSSR count). The van der Waals surface area contributed by atoms with Crippen LogP contribution in [0.2, 0.25) is 0 Å². The molecule has 0 saturated carbocycles. The molecular formula is C17H23N3O3. The van der Waals surface area contributed by atoms with Crippen LogP contribution in [-0.4, -0.2) is 38.6 Å². The zero-order valence-corrected chi connectivity index (χ0v) is 14.0. The van der Waals surface area contributed by atoms with Crippen molar-refractivity contribution >= 4 is 11.6 Å². The van der Waals surface area contributed by atoms with E-state index < -0.39 is 5.91 Å². The number of nitriles is 1. The Morgan fingerprint density at radius 3 is 2.70 bits per heavy atom. The second kappa shape index (κ2) is 9.36. The molecule has 0 bridgehead atoms. The van der Waals surface area contributed by atoms with Gasteiger partial charge in [-0.05, 0) is 18.6 Å². The van der Waals surface area contributed by atoms with Gasteiger partial charge in [-0.25, -0.2) is 0 Å². The number of hydrogen-bond acceptors (Lipinski definition) is 5. The molecule has 0 atom stereocenters. The quantitative estimate of drug-likeness (QED) is 0.589. The third kappa shape index (κ3) is 5.55. The highest BCUT2D eigenvalue weighted by atomic mass is 16.5. The number of anilines is 1. The van der Waals surface area contributed by atoms with Gasteiger partial charge in [0, 0.05) is 25.9 Å². The van der Waals surface area contributed by atoms with Crippen molar-refractivity contribution in [1.82, 2.24) is 4.90 Å². The summed E-state index contributed by atoms with van der Waals surface area (Å²) in [5.41, 5.74) is 0.489. The highest BCUT2D eigenvalue weighted by Gasteiger charge is 2.14. The van der Waals surface area contributed by atoms with Gasteiger partial charge in [-0.2, -0.15) is 5.26 Å². The lowest BCUT2D eigenvalue weighted by molar-refractivity contribution is -0.112. The molecule has 0 radical (unpaired) electrons. The number of ether oxygens (including phenoxy) is 2. The number of amides is 1. The van der Waals surface area contributed by atoms with E-state index in [9.17, 15) is 10.1 Å². The Hall–Kier alpha value is -2.68. The molecule has 0 spiro atoms. The topological polar surface area (TPSA) is 74.6 Å². The minimum absolute atomic E-state index is 0.0356. The number of nitrogens with zero attached hydrogens (tertiary/aromatic N) is 2. The summed E-state index contributed by atoms with van der Waals surface area (Å²) in [6.07, 6.45) is 3.60. The van der Waals surface area contributed by atoms with Crippen molar-refractivity contribution in [3.05, 3.63) is 30.0 Å². The van der Waals surface area contributed by atoms with Crippen molar-refractivity contribution in [2.45, 2.75) is 19.8 Å². The Bertz CT molecular complexity index is 606. The molecule has 6 heteroatoms. The third-order valence-corrected chi connectivity index (χ3v) is 3.23. The first kappa shape index (κ1) is 18.4. The number of unbranched alkanes of at least 4 members (excludes halogenated alkanes) is 1. The largest absolute Gasteiger partial charge is 0.497 e. The molecule has 0 aliphatic heterocycles. The second-order valence-electron chi connectivity index (χ2n) is 5.01. The minimum Gasteiger partial charge on any atom is -0.497 e. The van der Waals surface area contributed by atoms with Gasteiger partial charge in [0.25, 0.3) is 5.91 Å². The predicted octanol–water partition coefficient (Wildman–Crippen LogP) is 2.78. The molecule has 1 amide bonds. The maximum absolute atomic E-state index is 12.3. The fourth-order valence-corrected chi connectivity index (χ4v) is 1.93. The van der Waals surface area contributed by atoms with E-state index in [0.717, 1.165) is 19.4 Å². The zero-order chi connectivity index (χ0) is 17.2. The maximum atomic E-state index is 12.3. The van der Waals surface area contributed by atoms with Crippen molar-refractivity contribution in [2.75, 3.05) is 33.1 Å². The van der Waals surface area contributed by atoms with Gasteiger partial charge in [-0.15, -0.1) is 0 Å². The van der Waals surface area contributed by atoms with Crippen LogP contribution in [0.4, 0.5) is 5.69 Å². The number of carbonyl (C=O) groups is 1. The van der Waals surface area contributed by atoms with Crippen molar-refractivity contribution in [3.63, 3.8) is 0 Å². The van der Waals surface area contributed by atoms with Gasteiger partial charge in [0.15, 0.2) is 0 Å². The Labute approximate surface area is 137 Å². The summed E-state index contributed by atoms with van der Waals surface area (Å²) in [6.45, 7) is 2.88. The highest BCUT2D eigenvalue weighted by Crippen LogP contribution is 2.29. The van der Waals surface area contributed by atoms with Gasteiger partial charge >= 0.3 is 0 Å².